The fourth-order valence-electron chi connectivity index (χ4n) is 0.387. The second kappa shape index (κ2) is 5.06. The molecule has 0 unspecified atom stereocenters. The zero-order valence-corrected chi connectivity index (χ0v) is 5.71. The van der Waals surface area contributed by atoms with Crippen molar-refractivity contribution in [3.8, 4) is 0 Å². The predicted octanol–water partition coefficient (Wildman–Crippen LogP) is 2.36. The quantitative estimate of drug-likeness (QED) is 0.359. The van der Waals surface area contributed by atoms with Crippen molar-refractivity contribution in [3.05, 3.63) is 19.1 Å². The normalized spacial score (nSPS) is 9.12. The number of hydrogen-bond acceptors (Lipinski definition) is 2. The van der Waals surface area contributed by atoms with Crippen LogP contribution in [0.3, 0.4) is 0 Å². The zero-order valence-electron chi connectivity index (χ0n) is 4.89. The molecular formula is C6H11OS+. The van der Waals surface area contributed by atoms with Gasteiger partial charge in [0, 0.05) is 25.7 Å². The average molecular weight is 131 g/mol. The van der Waals surface area contributed by atoms with Crippen molar-refractivity contribution in [1.82, 2.24) is 0 Å². The third-order valence-corrected chi connectivity index (χ3v) is 1.24. The van der Waals surface area contributed by atoms with E-state index in [0.29, 0.717) is 0 Å². The Morgan fingerprint density at radius 3 is 2.75 bits per heavy atom. The van der Waals surface area contributed by atoms with Crippen molar-refractivity contribution in [2.75, 3.05) is 5.75 Å². The number of rotatable bonds is 4. The van der Waals surface area contributed by atoms with Crippen LogP contribution >= 0.6 is 12.0 Å². The minimum Gasteiger partial charge on any atom is -0.330 e. The predicted molar refractivity (Wildman–Crippen MR) is 38.8 cm³/mol. The van der Waals surface area contributed by atoms with Crippen molar-refractivity contribution in [1.29, 1.82) is 0 Å². The summed E-state index contributed by atoms with van der Waals surface area (Å²) in [6, 6.07) is 0. The first-order valence-corrected chi connectivity index (χ1v) is 3.47. The minimum atomic E-state index is 0.786. The highest BCUT2D eigenvalue weighted by Crippen LogP contribution is 2.03. The van der Waals surface area contributed by atoms with Crippen LogP contribution in [0.15, 0.2) is 12.2 Å². The Hall–Kier alpha value is -0.0800. The van der Waals surface area contributed by atoms with E-state index >= 15 is 0 Å². The SMILES string of the molecule is C=C([CH2+])CCCSO. The largest absolute Gasteiger partial charge is 0.330 e. The van der Waals surface area contributed by atoms with Crippen LogP contribution in [0.2, 0.25) is 0 Å². The first kappa shape index (κ1) is 7.92. The molecule has 0 aromatic heterocycles. The lowest BCUT2D eigenvalue weighted by molar-refractivity contribution is 0.660. The molecule has 0 aliphatic heterocycles. The molecule has 2 heteroatoms. The van der Waals surface area contributed by atoms with Crippen LogP contribution in [0.25, 0.3) is 0 Å². The van der Waals surface area contributed by atoms with Gasteiger partial charge in [0.15, 0.2) is 0 Å². The highest BCUT2D eigenvalue weighted by Gasteiger charge is 1.91. The van der Waals surface area contributed by atoms with Crippen molar-refractivity contribution < 1.29 is 4.55 Å². The van der Waals surface area contributed by atoms with Crippen molar-refractivity contribution >= 4 is 12.0 Å². The Bertz CT molecular complexity index is 70.9. The molecule has 0 amide bonds. The lowest BCUT2D eigenvalue weighted by atomic mass is 10.2. The van der Waals surface area contributed by atoms with Gasteiger partial charge in [-0.2, -0.15) is 0 Å². The Morgan fingerprint density at radius 2 is 2.38 bits per heavy atom. The highest BCUT2D eigenvalue weighted by atomic mass is 32.2. The molecule has 0 heterocycles. The van der Waals surface area contributed by atoms with E-state index in [-0.39, 0.29) is 0 Å². The molecule has 0 aliphatic carbocycles. The summed E-state index contributed by atoms with van der Waals surface area (Å²) in [6.45, 7) is 7.25. The molecule has 0 aromatic rings. The lowest BCUT2D eigenvalue weighted by Gasteiger charge is -1.89. The van der Waals surface area contributed by atoms with Gasteiger partial charge >= 0.3 is 0 Å². The summed E-state index contributed by atoms with van der Waals surface area (Å²) in [6.07, 6.45) is 1.90. The highest BCUT2D eigenvalue weighted by molar-refractivity contribution is 7.93. The molecular weight excluding hydrogens is 120 g/mol. The van der Waals surface area contributed by atoms with Gasteiger partial charge in [-0.05, 0) is 18.5 Å². The van der Waals surface area contributed by atoms with Crippen LogP contribution in [0.5, 0.6) is 0 Å². The van der Waals surface area contributed by atoms with E-state index in [9.17, 15) is 0 Å². The van der Waals surface area contributed by atoms with Gasteiger partial charge in [0.05, 0.1) is 5.57 Å². The fourth-order valence-corrected chi connectivity index (χ4v) is 0.660. The third-order valence-electron chi connectivity index (χ3n) is 0.766. The molecule has 0 radical (unpaired) electrons. The Labute approximate surface area is 55.0 Å². The second-order valence-electron chi connectivity index (χ2n) is 1.69. The van der Waals surface area contributed by atoms with Crippen LogP contribution in [-0.2, 0) is 0 Å². The molecule has 0 atom stereocenters. The summed E-state index contributed by atoms with van der Waals surface area (Å²) >= 11 is 0.875. The molecule has 1 N–H and O–H groups in total. The van der Waals surface area contributed by atoms with Gasteiger partial charge in [0.1, 0.15) is 0 Å². The van der Waals surface area contributed by atoms with E-state index in [1.54, 1.807) is 0 Å². The summed E-state index contributed by atoms with van der Waals surface area (Å²) in [5, 5.41) is 0. The Kier molecular flexibility index (Phi) is 5.01. The smallest absolute Gasteiger partial charge is 0.0964 e. The van der Waals surface area contributed by atoms with Crippen molar-refractivity contribution in [3.63, 3.8) is 0 Å². The second-order valence-corrected chi connectivity index (χ2v) is 2.35. The number of allylic oxidation sites excluding steroid dienone is 1. The molecule has 1 nitrogen and oxygen atoms in total. The molecule has 0 aliphatic rings. The first-order chi connectivity index (χ1) is 3.77. The zero-order chi connectivity index (χ0) is 6.41. The molecule has 46 valence electrons. The van der Waals surface area contributed by atoms with Gasteiger partial charge < -0.3 is 4.55 Å². The van der Waals surface area contributed by atoms with Gasteiger partial charge in [-0.1, -0.05) is 0 Å². The van der Waals surface area contributed by atoms with Gasteiger partial charge in [0.2, 0.25) is 0 Å². The molecule has 0 aromatic carbocycles. The Morgan fingerprint density at radius 1 is 1.75 bits per heavy atom. The molecule has 0 saturated carbocycles. The van der Waals surface area contributed by atoms with E-state index in [1.807, 2.05) is 0 Å². The van der Waals surface area contributed by atoms with Crippen molar-refractivity contribution in [2.45, 2.75) is 12.8 Å². The van der Waals surface area contributed by atoms with Gasteiger partial charge in [-0.25, -0.2) is 0 Å². The van der Waals surface area contributed by atoms with Crippen LogP contribution < -0.4 is 0 Å². The van der Waals surface area contributed by atoms with E-state index < -0.39 is 0 Å². The summed E-state index contributed by atoms with van der Waals surface area (Å²) < 4.78 is 8.25. The molecule has 0 fully saturated rings. The molecule has 0 spiro atoms. The number of hydrogen-bond donors (Lipinski definition) is 1. The summed E-state index contributed by atoms with van der Waals surface area (Å²) in [7, 11) is 0. The topological polar surface area (TPSA) is 20.2 Å². The average Bonchev–Trinajstić information content (AvgIpc) is 1.66. The van der Waals surface area contributed by atoms with Crippen LogP contribution in [0.4, 0.5) is 0 Å². The minimum absolute atomic E-state index is 0.786. The molecule has 0 rings (SSSR count). The van der Waals surface area contributed by atoms with Crippen molar-refractivity contribution in [2.24, 2.45) is 0 Å². The first-order valence-electron chi connectivity index (χ1n) is 2.53. The summed E-state index contributed by atoms with van der Waals surface area (Å²) in [5.41, 5.74) is 0.944. The fraction of sp³-hybridized carbons (Fsp3) is 0.500. The maximum Gasteiger partial charge on any atom is 0.0964 e. The standard InChI is InChI=1S/C6H10OS/c1-6(2)4-3-5-8-7/h1-5H2/p+1. The lowest BCUT2D eigenvalue weighted by Crippen LogP contribution is -1.78. The van der Waals surface area contributed by atoms with Crippen LogP contribution in [0.1, 0.15) is 12.8 Å². The van der Waals surface area contributed by atoms with Crippen LogP contribution in [-0.4, -0.2) is 10.3 Å². The molecule has 0 bridgehead atoms. The van der Waals surface area contributed by atoms with E-state index in [1.165, 1.54) is 0 Å². The molecule has 8 heavy (non-hydrogen) atoms. The van der Waals surface area contributed by atoms with E-state index in [4.69, 9.17) is 4.55 Å². The van der Waals surface area contributed by atoms with Gasteiger partial charge in [-0.15, -0.1) is 0 Å². The summed E-state index contributed by atoms with van der Waals surface area (Å²) in [5.74, 6) is 0.786. The van der Waals surface area contributed by atoms with E-state index in [2.05, 4.69) is 13.5 Å². The van der Waals surface area contributed by atoms with Crippen LogP contribution in [0, 0.1) is 6.92 Å². The third kappa shape index (κ3) is 5.92. The Balaban J connectivity index is 2.82. The molecule has 0 saturated heterocycles. The monoisotopic (exact) mass is 131 g/mol. The maximum absolute atomic E-state index is 8.25. The van der Waals surface area contributed by atoms with Gasteiger partial charge in [-0.3, -0.25) is 0 Å². The summed E-state index contributed by atoms with van der Waals surface area (Å²) in [4.78, 5) is 0. The maximum atomic E-state index is 8.25. The van der Waals surface area contributed by atoms with Gasteiger partial charge in [0.25, 0.3) is 0 Å². The van der Waals surface area contributed by atoms with E-state index in [0.717, 1.165) is 36.2 Å².